The summed E-state index contributed by atoms with van der Waals surface area (Å²) in [6, 6.07) is 15.1. The molecule has 28 heavy (non-hydrogen) atoms. The summed E-state index contributed by atoms with van der Waals surface area (Å²) in [6.07, 6.45) is 1.57. The second-order valence-corrected chi connectivity index (χ2v) is 7.40. The van der Waals surface area contributed by atoms with Gasteiger partial charge in [-0.25, -0.2) is 4.79 Å². The SMILES string of the molecule is Cc1ccc(-c2noc(C3CCN(C(=O)Nc4ccccc4Cl)CC3)n2)cc1. The number of piperidine rings is 1. The number of aromatic nitrogens is 2. The third-order valence-corrected chi connectivity index (χ3v) is 5.33. The van der Waals surface area contributed by atoms with Crippen LogP contribution in [0.25, 0.3) is 11.4 Å². The van der Waals surface area contributed by atoms with Gasteiger partial charge < -0.3 is 14.7 Å². The maximum Gasteiger partial charge on any atom is 0.321 e. The molecule has 144 valence electrons. The molecule has 0 aliphatic carbocycles. The number of amides is 2. The Labute approximate surface area is 168 Å². The zero-order valence-electron chi connectivity index (χ0n) is 15.6. The van der Waals surface area contributed by atoms with Crippen LogP contribution in [0, 0.1) is 6.92 Å². The van der Waals surface area contributed by atoms with Gasteiger partial charge in [-0.15, -0.1) is 0 Å². The molecule has 2 heterocycles. The average molecular weight is 397 g/mol. The van der Waals surface area contributed by atoms with Crippen LogP contribution in [0.5, 0.6) is 0 Å². The van der Waals surface area contributed by atoms with E-state index < -0.39 is 0 Å². The fraction of sp³-hybridized carbons (Fsp3) is 0.286. The number of anilines is 1. The van der Waals surface area contributed by atoms with Crippen molar-refractivity contribution < 1.29 is 9.32 Å². The van der Waals surface area contributed by atoms with Gasteiger partial charge in [0, 0.05) is 24.6 Å². The molecule has 1 aromatic heterocycles. The molecule has 0 bridgehead atoms. The van der Waals surface area contributed by atoms with E-state index in [0.29, 0.717) is 35.5 Å². The minimum atomic E-state index is -0.141. The van der Waals surface area contributed by atoms with Crippen molar-refractivity contribution in [1.82, 2.24) is 15.0 Å². The first kappa shape index (κ1) is 18.5. The Hall–Kier alpha value is -2.86. The maximum atomic E-state index is 12.5. The van der Waals surface area contributed by atoms with Gasteiger partial charge in [0.2, 0.25) is 11.7 Å². The van der Waals surface area contributed by atoms with Crippen LogP contribution in [0.2, 0.25) is 5.02 Å². The molecule has 1 aliphatic heterocycles. The molecule has 0 unspecified atom stereocenters. The highest BCUT2D eigenvalue weighted by atomic mass is 35.5. The van der Waals surface area contributed by atoms with Crippen molar-refractivity contribution >= 4 is 23.3 Å². The first-order valence-electron chi connectivity index (χ1n) is 9.31. The van der Waals surface area contributed by atoms with E-state index in [0.717, 1.165) is 18.4 Å². The van der Waals surface area contributed by atoms with E-state index in [4.69, 9.17) is 16.1 Å². The summed E-state index contributed by atoms with van der Waals surface area (Å²) >= 11 is 6.11. The Morgan fingerprint density at radius 1 is 1.14 bits per heavy atom. The van der Waals surface area contributed by atoms with Gasteiger partial charge in [0.25, 0.3) is 0 Å². The molecule has 0 radical (unpaired) electrons. The van der Waals surface area contributed by atoms with E-state index in [1.54, 1.807) is 17.0 Å². The number of aryl methyl sites for hydroxylation is 1. The molecule has 0 spiro atoms. The Bertz CT molecular complexity index is 963. The van der Waals surface area contributed by atoms with Crippen LogP contribution in [0.15, 0.2) is 53.1 Å². The Kier molecular flexibility index (Phi) is 5.30. The van der Waals surface area contributed by atoms with Crippen molar-refractivity contribution in [3.8, 4) is 11.4 Å². The lowest BCUT2D eigenvalue weighted by Gasteiger charge is -2.30. The number of nitrogens with zero attached hydrogens (tertiary/aromatic N) is 3. The second-order valence-electron chi connectivity index (χ2n) is 6.99. The zero-order chi connectivity index (χ0) is 19.5. The molecule has 0 saturated carbocycles. The number of carbonyl (C=O) groups is 1. The molecule has 4 rings (SSSR count). The molecule has 3 aromatic rings. The molecule has 2 amide bonds. The minimum Gasteiger partial charge on any atom is -0.339 e. The minimum absolute atomic E-state index is 0.141. The third kappa shape index (κ3) is 4.02. The molecular formula is C21H21ClN4O2. The van der Waals surface area contributed by atoms with Crippen LogP contribution < -0.4 is 5.32 Å². The van der Waals surface area contributed by atoms with Gasteiger partial charge in [-0.3, -0.25) is 0 Å². The number of benzene rings is 2. The second kappa shape index (κ2) is 8.02. The van der Waals surface area contributed by atoms with Crippen LogP contribution in [0.4, 0.5) is 10.5 Å². The fourth-order valence-electron chi connectivity index (χ4n) is 3.31. The van der Waals surface area contributed by atoms with Crippen molar-refractivity contribution in [2.24, 2.45) is 0 Å². The molecule has 0 atom stereocenters. The molecule has 1 aliphatic rings. The smallest absolute Gasteiger partial charge is 0.321 e. The van der Waals surface area contributed by atoms with Crippen LogP contribution in [0.1, 0.15) is 30.2 Å². The summed E-state index contributed by atoms with van der Waals surface area (Å²) in [7, 11) is 0. The normalized spacial score (nSPS) is 14.9. The molecule has 1 saturated heterocycles. The standard InChI is InChI=1S/C21H21ClN4O2/c1-14-6-8-15(9-7-14)19-24-20(28-25-19)16-10-12-26(13-11-16)21(27)23-18-5-3-2-4-17(18)22/h2-9,16H,10-13H2,1H3,(H,23,27). The molecule has 1 fully saturated rings. The van der Waals surface area contributed by atoms with Crippen LogP contribution in [0.3, 0.4) is 0 Å². The van der Waals surface area contributed by atoms with Crippen LogP contribution >= 0.6 is 11.6 Å². The summed E-state index contributed by atoms with van der Waals surface area (Å²) < 4.78 is 5.50. The number of hydrogen-bond donors (Lipinski definition) is 1. The predicted octanol–water partition coefficient (Wildman–Crippen LogP) is 5.11. The first-order valence-corrected chi connectivity index (χ1v) is 9.69. The largest absolute Gasteiger partial charge is 0.339 e. The topological polar surface area (TPSA) is 71.3 Å². The highest BCUT2D eigenvalue weighted by Crippen LogP contribution is 2.29. The van der Waals surface area contributed by atoms with E-state index in [1.165, 1.54) is 5.56 Å². The summed E-state index contributed by atoms with van der Waals surface area (Å²) in [5.41, 5.74) is 2.75. The number of hydrogen-bond acceptors (Lipinski definition) is 4. The highest BCUT2D eigenvalue weighted by molar-refractivity contribution is 6.33. The zero-order valence-corrected chi connectivity index (χ0v) is 16.3. The van der Waals surface area contributed by atoms with Gasteiger partial charge in [-0.2, -0.15) is 4.98 Å². The molecule has 1 N–H and O–H groups in total. The van der Waals surface area contributed by atoms with Gasteiger partial charge >= 0.3 is 6.03 Å². The quantitative estimate of drug-likeness (QED) is 0.667. The summed E-state index contributed by atoms with van der Waals surface area (Å²) in [4.78, 5) is 18.8. The van der Waals surface area contributed by atoms with Crippen molar-refractivity contribution in [2.45, 2.75) is 25.7 Å². The van der Waals surface area contributed by atoms with Gasteiger partial charge in [0.15, 0.2) is 0 Å². The van der Waals surface area contributed by atoms with Gasteiger partial charge in [0.1, 0.15) is 0 Å². The van der Waals surface area contributed by atoms with E-state index in [1.807, 2.05) is 43.3 Å². The lowest BCUT2D eigenvalue weighted by atomic mass is 9.97. The monoisotopic (exact) mass is 396 g/mol. The van der Waals surface area contributed by atoms with E-state index >= 15 is 0 Å². The number of halogens is 1. The maximum absolute atomic E-state index is 12.5. The summed E-state index contributed by atoms with van der Waals surface area (Å²) in [6.45, 7) is 3.30. The average Bonchev–Trinajstić information content (AvgIpc) is 3.20. The highest BCUT2D eigenvalue weighted by Gasteiger charge is 2.28. The predicted molar refractivity (Wildman–Crippen MR) is 108 cm³/mol. The molecule has 6 nitrogen and oxygen atoms in total. The first-order chi connectivity index (χ1) is 13.6. The summed E-state index contributed by atoms with van der Waals surface area (Å²) in [5, 5.41) is 7.51. The Balaban J connectivity index is 1.36. The number of likely N-dealkylation sites (tertiary alicyclic amines) is 1. The van der Waals surface area contributed by atoms with E-state index in [-0.39, 0.29) is 11.9 Å². The van der Waals surface area contributed by atoms with E-state index in [2.05, 4.69) is 15.5 Å². The Morgan fingerprint density at radius 2 is 1.86 bits per heavy atom. The van der Waals surface area contributed by atoms with Crippen LogP contribution in [-0.4, -0.2) is 34.2 Å². The molecule has 2 aromatic carbocycles. The van der Waals surface area contributed by atoms with Gasteiger partial charge in [-0.1, -0.05) is 58.7 Å². The van der Waals surface area contributed by atoms with E-state index in [9.17, 15) is 4.79 Å². The lowest BCUT2D eigenvalue weighted by Crippen LogP contribution is -2.40. The van der Waals surface area contributed by atoms with Gasteiger partial charge in [-0.05, 0) is 31.9 Å². The number of carbonyl (C=O) groups excluding carboxylic acids is 1. The Morgan fingerprint density at radius 3 is 2.57 bits per heavy atom. The van der Waals surface area contributed by atoms with Crippen LogP contribution in [-0.2, 0) is 0 Å². The van der Waals surface area contributed by atoms with Gasteiger partial charge in [0.05, 0.1) is 10.7 Å². The number of rotatable bonds is 3. The number of urea groups is 1. The van der Waals surface area contributed by atoms with Crippen molar-refractivity contribution in [3.63, 3.8) is 0 Å². The van der Waals surface area contributed by atoms with Crippen molar-refractivity contribution in [2.75, 3.05) is 18.4 Å². The third-order valence-electron chi connectivity index (χ3n) is 5.00. The van der Waals surface area contributed by atoms with Crippen molar-refractivity contribution in [1.29, 1.82) is 0 Å². The summed E-state index contributed by atoms with van der Waals surface area (Å²) in [5.74, 6) is 1.41. The fourth-order valence-corrected chi connectivity index (χ4v) is 3.49. The lowest BCUT2D eigenvalue weighted by molar-refractivity contribution is 0.187. The van der Waals surface area contributed by atoms with Crippen molar-refractivity contribution in [3.05, 3.63) is 65.0 Å². The number of para-hydroxylation sites is 1. The molecular weight excluding hydrogens is 376 g/mol. The molecule has 7 heteroatoms. The number of nitrogens with one attached hydrogen (secondary N) is 1.